The van der Waals surface area contributed by atoms with E-state index in [1.807, 2.05) is 41.3 Å². The van der Waals surface area contributed by atoms with Crippen LogP contribution in [0.4, 0.5) is 0 Å². The fraction of sp³-hybridized carbons (Fsp3) is 0.385. The molecule has 3 aromatic rings. The molecule has 1 fully saturated rings. The molecule has 2 aromatic carbocycles. The highest BCUT2D eigenvalue weighted by Crippen LogP contribution is 2.18. The van der Waals surface area contributed by atoms with Gasteiger partial charge in [-0.1, -0.05) is 25.1 Å². The first-order valence-electron chi connectivity index (χ1n) is 11.5. The van der Waals surface area contributed by atoms with Crippen molar-refractivity contribution in [2.45, 2.75) is 45.4 Å². The second-order valence-electron chi connectivity index (χ2n) is 8.42. The number of nitrogens with one attached hydrogen (secondary N) is 2. The molecule has 1 saturated heterocycles. The average molecular weight is 466 g/mol. The number of aromatic nitrogens is 1. The van der Waals surface area contributed by atoms with Gasteiger partial charge in [0.25, 0.3) is 5.56 Å². The number of hydrogen-bond acceptors (Lipinski definition) is 4. The molecule has 33 heavy (non-hydrogen) atoms. The highest BCUT2D eigenvalue weighted by Gasteiger charge is 2.18. The largest absolute Gasteiger partial charge is 0.497 e. The van der Waals surface area contributed by atoms with E-state index in [0.29, 0.717) is 30.3 Å². The lowest BCUT2D eigenvalue weighted by molar-refractivity contribution is 0.113. The van der Waals surface area contributed by atoms with Crippen LogP contribution in [-0.2, 0) is 24.2 Å². The maximum Gasteiger partial charge on any atom is 0.253 e. The van der Waals surface area contributed by atoms with E-state index >= 15 is 0 Å². The molecule has 2 heterocycles. The van der Waals surface area contributed by atoms with Crippen LogP contribution in [0.1, 0.15) is 36.5 Å². The van der Waals surface area contributed by atoms with Crippen LogP contribution in [0.15, 0.2) is 53.3 Å². The van der Waals surface area contributed by atoms with E-state index < -0.39 is 0 Å². The van der Waals surface area contributed by atoms with E-state index in [1.54, 1.807) is 7.11 Å². The second kappa shape index (κ2) is 10.8. The van der Waals surface area contributed by atoms with Crippen molar-refractivity contribution < 1.29 is 9.47 Å². The zero-order chi connectivity index (χ0) is 23.2. The van der Waals surface area contributed by atoms with Crippen LogP contribution in [0.3, 0.4) is 0 Å². The van der Waals surface area contributed by atoms with Gasteiger partial charge in [0.1, 0.15) is 5.75 Å². The Morgan fingerprint density at radius 2 is 1.97 bits per heavy atom. The topological polar surface area (TPSA) is 66.6 Å². The third-order valence-electron chi connectivity index (χ3n) is 6.08. The molecule has 0 bridgehead atoms. The summed E-state index contributed by atoms with van der Waals surface area (Å²) in [5.74, 6) is 0.807. The number of nitrogens with zero attached hydrogens (tertiary/aromatic N) is 1. The molecule has 7 heteroatoms. The summed E-state index contributed by atoms with van der Waals surface area (Å²) < 4.78 is 11.0. The van der Waals surface area contributed by atoms with Gasteiger partial charge in [0.2, 0.25) is 0 Å². The first-order valence-corrected chi connectivity index (χ1v) is 11.9. The van der Waals surface area contributed by atoms with Crippen molar-refractivity contribution in [3.8, 4) is 5.75 Å². The molecule has 0 spiro atoms. The van der Waals surface area contributed by atoms with E-state index in [2.05, 4.69) is 29.4 Å². The Bertz CT molecular complexity index is 1150. The number of fused-ring (bicyclic) bond motifs is 1. The van der Waals surface area contributed by atoms with Crippen LogP contribution in [-0.4, -0.2) is 41.4 Å². The maximum absolute atomic E-state index is 12.9. The summed E-state index contributed by atoms with van der Waals surface area (Å²) in [5, 5.41) is 5.01. The number of ether oxygens (including phenoxy) is 2. The van der Waals surface area contributed by atoms with Gasteiger partial charge in [-0.3, -0.25) is 4.79 Å². The first-order chi connectivity index (χ1) is 16.1. The molecule has 174 valence electrons. The molecule has 2 N–H and O–H groups in total. The smallest absolute Gasteiger partial charge is 0.253 e. The maximum atomic E-state index is 12.9. The Balaban J connectivity index is 1.57. The molecule has 6 nitrogen and oxygen atoms in total. The van der Waals surface area contributed by atoms with Crippen molar-refractivity contribution in [1.29, 1.82) is 0 Å². The monoisotopic (exact) mass is 465 g/mol. The standard InChI is InChI=1S/C26H31N3O3S/c1-3-18-8-11-24-20(13-18)14-21(25(30)28-24)17-29(16-19-6-9-22(31-2)10-7-19)26(33)27-15-23-5-4-12-32-23/h6-11,13-14,23H,3-5,12,15-17H2,1-2H3,(H,27,33)(H,28,30)/t23-/m1/s1. The van der Waals surface area contributed by atoms with Gasteiger partial charge >= 0.3 is 0 Å². The zero-order valence-electron chi connectivity index (χ0n) is 19.2. The third-order valence-corrected chi connectivity index (χ3v) is 6.48. The summed E-state index contributed by atoms with van der Waals surface area (Å²) in [4.78, 5) is 17.9. The van der Waals surface area contributed by atoms with Gasteiger partial charge in [-0.25, -0.2) is 0 Å². The molecule has 0 aliphatic carbocycles. The van der Waals surface area contributed by atoms with E-state index in [-0.39, 0.29) is 11.7 Å². The van der Waals surface area contributed by atoms with Crippen molar-refractivity contribution in [3.05, 3.63) is 75.6 Å². The highest BCUT2D eigenvalue weighted by atomic mass is 32.1. The van der Waals surface area contributed by atoms with Crippen LogP contribution in [0.25, 0.3) is 10.9 Å². The lowest BCUT2D eigenvalue weighted by Crippen LogP contribution is -2.42. The summed E-state index contributed by atoms with van der Waals surface area (Å²) in [7, 11) is 1.65. The Kier molecular flexibility index (Phi) is 7.62. The second-order valence-corrected chi connectivity index (χ2v) is 8.81. The predicted molar refractivity (Wildman–Crippen MR) is 136 cm³/mol. The fourth-order valence-electron chi connectivity index (χ4n) is 4.11. The van der Waals surface area contributed by atoms with E-state index in [4.69, 9.17) is 21.7 Å². The number of aromatic amines is 1. The van der Waals surface area contributed by atoms with Gasteiger partial charge in [-0.15, -0.1) is 0 Å². The summed E-state index contributed by atoms with van der Waals surface area (Å²) in [6, 6.07) is 16.1. The van der Waals surface area contributed by atoms with E-state index in [0.717, 1.165) is 48.1 Å². The van der Waals surface area contributed by atoms with E-state index in [1.165, 1.54) is 5.56 Å². The molecule has 1 aromatic heterocycles. The molecule has 1 aliphatic rings. The van der Waals surface area contributed by atoms with Crippen LogP contribution in [0.5, 0.6) is 5.75 Å². The summed E-state index contributed by atoms with van der Waals surface area (Å²) in [6.45, 7) is 4.59. The Labute approximate surface area is 199 Å². The minimum atomic E-state index is -0.0894. The lowest BCUT2D eigenvalue weighted by Gasteiger charge is -2.27. The van der Waals surface area contributed by atoms with Crippen molar-refractivity contribution in [3.63, 3.8) is 0 Å². The minimum Gasteiger partial charge on any atom is -0.497 e. The molecule has 4 rings (SSSR count). The van der Waals surface area contributed by atoms with Gasteiger partial charge in [0, 0.05) is 30.8 Å². The summed E-state index contributed by atoms with van der Waals surface area (Å²) in [5.41, 5.74) is 3.77. The summed E-state index contributed by atoms with van der Waals surface area (Å²) in [6.07, 6.45) is 3.26. The van der Waals surface area contributed by atoms with Crippen LogP contribution in [0.2, 0.25) is 0 Å². The van der Waals surface area contributed by atoms with Crippen molar-refractivity contribution in [2.75, 3.05) is 20.3 Å². The summed E-state index contributed by atoms with van der Waals surface area (Å²) >= 11 is 5.76. The molecule has 0 radical (unpaired) electrons. The molecule has 0 unspecified atom stereocenters. The number of pyridine rings is 1. The third kappa shape index (κ3) is 5.92. The Morgan fingerprint density at radius 3 is 2.67 bits per heavy atom. The zero-order valence-corrected chi connectivity index (χ0v) is 20.0. The predicted octanol–water partition coefficient (Wildman–Crippen LogP) is 4.15. The van der Waals surface area contributed by atoms with Gasteiger partial charge < -0.3 is 24.7 Å². The van der Waals surface area contributed by atoms with E-state index in [9.17, 15) is 4.79 Å². The van der Waals surface area contributed by atoms with Crippen molar-refractivity contribution in [2.24, 2.45) is 0 Å². The van der Waals surface area contributed by atoms with Crippen LogP contribution in [0, 0.1) is 0 Å². The highest BCUT2D eigenvalue weighted by molar-refractivity contribution is 7.80. The van der Waals surface area contributed by atoms with Crippen LogP contribution < -0.4 is 15.6 Å². The number of rotatable bonds is 8. The average Bonchev–Trinajstić information content (AvgIpc) is 3.36. The first kappa shape index (κ1) is 23.3. The lowest BCUT2D eigenvalue weighted by atomic mass is 10.1. The number of H-pyrrole nitrogens is 1. The van der Waals surface area contributed by atoms with Crippen molar-refractivity contribution >= 4 is 28.2 Å². The molecule has 1 atom stereocenters. The molecular formula is C26H31N3O3S. The molecule has 1 aliphatic heterocycles. The quantitative estimate of drug-likeness (QED) is 0.487. The Hall–Kier alpha value is -2.90. The van der Waals surface area contributed by atoms with Gasteiger partial charge in [0.05, 0.1) is 19.8 Å². The van der Waals surface area contributed by atoms with Gasteiger partial charge in [-0.05, 0) is 78.3 Å². The minimum absolute atomic E-state index is 0.0894. The number of aryl methyl sites for hydroxylation is 1. The van der Waals surface area contributed by atoms with Gasteiger partial charge in [0.15, 0.2) is 5.11 Å². The normalized spacial score (nSPS) is 15.5. The van der Waals surface area contributed by atoms with Crippen LogP contribution >= 0.6 is 12.2 Å². The Morgan fingerprint density at radius 1 is 1.18 bits per heavy atom. The fourth-order valence-corrected chi connectivity index (χ4v) is 4.33. The number of thiocarbonyl (C=S) groups is 1. The van der Waals surface area contributed by atoms with Crippen molar-refractivity contribution in [1.82, 2.24) is 15.2 Å². The molecular weight excluding hydrogens is 434 g/mol. The SMILES string of the molecule is CCc1ccc2[nH]c(=O)c(CN(Cc3ccc(OC)cc3)C(=S)NC[C@H]3CCCO3)cc2c1. The molecule has 0 saturated carbocycles. The van der Waals surface area contributed by atoms with Gasteiger partial charge in [-0.2, -0.15) is 0 Å². The number of methoxy groups -OCH3 is 1. The number of benzene rings is 2. The number of hydrogen-bond donors (Lipinski definition) is 2. The molecule has 0 amide bonds.